The van der Waals surface area contributed by atoms with Gasteiger partial charge in [-0.2, -0.15) is 0 Å². The van der Waals surface area contributed by atoms with Crippen LogP contribution < -0.4 is 10.5 Å². The molecule has 14 heavy (non-hydrogen) atoms. The van der Waals surface area contributed by atoms with Gasteiger partial charge in [-0.15, -0.1) is 0 Å². The van der Waals surface area contributed by atoms with Gasteiger partial charge >= 0.3 is 0 Å². The Kier molecular flexibility index (Phi) is 3.09. The summed E-state index contributed by atoms with van der Waals surface area (Å²) in [6.07, 6.45) is 0. The first kappa shape index (κ1) is 10.5. The molecule has 1 aromatic rings. The van der Waals surface area contributed by atoms with Crippen molar-refractivity contribution in [3.63, 3.8) is 0 Å². The van der Waals surface area contributed by atoms with Gasteiger partial charge in [-0.3, -0.25) is 4.79 Å². The van der Waals surface area contributed by atoms with Crippen LogP contribution in [0.25, 0.3) is 0 Å². The van der Waals surface area contributed by atoms with Crippen molar-refractivity contribution in [2.75, 3.05) is 13.7 Å². The maximum absolute atomic E-state index is 11.3. The Morgan fingerprint density at radius 1 is 1.57 bits per heavy atom. The standard InChI is InChI=1S/C10H13NO3/c1-6-3-4-7(8(12)5-11)9(13)10(6)14-2/h3-4,13H,5,11H2,1-2H3. The number of hydrogen-bond donors (Lipinski definition) is 2. The number of benzene rings is 1. The van der Waals surface area contributed by atoms with E-state index in [0.29, 0.717) is 5.75 Å². The van der Waals surface area contributed by atoms with Gasteiger partial charge in [0.15, 0.2) is 17.3 Å². The summed E-state index contributed by atoms with van der Waals surface area (Å²) in [5.41, 5.74) is 6.18. The van der Waals surface area contributed by atoms with Crippen molar-refractivity contribution in [1.82, 2.24) is 0 Å². The third-order valence-corrected chi connectivity index (χ3v) is 2.02. The SMILES string of the molecule is COc1c(C)ccc(C(=O)CN)c1O. The van der Waals surface area contributed by atoms with E-state index in [2.05, 4.69) is 0 Å². The van der Waals surface area contributed by atoms with Crippen molar-refractivity contribution >= 4 is 5.78 Å². The second-order valence-electron chi connectivity index (χ2n) is 2.94. The topological polar surface area (TPSA) is 72.5 Å². The summed E-state index contributed by atoms with van der Waals surface area (Å²) in [6, 6.07) is 3.25. The predicted molar refractivity (Wildman–Crippen MR) is 52.8 cm³/mol. The number of methoxy groups -OCH3 is 1. The lowest BCUT2D eigenvalue weighted by Crippen LogP contribution is -2.14. The smallest absolute Gasteiger partial charge is 0.180 e. The molecule has 0 bridgehead atoms. The molecule has 0 saturated heterocycles. The molecular formula is C10H13NO3. The van der Waals surface area contributed by atoms with Gasteiger partial charge in [0.05, 0.1) is 19.2 Å². The molecule has 1 rings (SSSR count). The molecule has 0 aromatic heterocycles. The number of nitrogens with two attached hydrogens (primary N) is 1. The number of ketones is 1. The van der Waals surface area contributed by atoms with E-state index in [0.717, 1.165) is 5.56 Å². The zero-order valence-corrected chi connectivity index (χ0v) is 8.20. The lowest BCUT2D eigenvalue weighted by Gasteiger charge is -2.09. The monoisotopic (exact) mass is 195 g/mol. The van der Waals surface area contributed by atoms with Crippen LogP contribution in [0.15, 0.2) is 12.1 Å². The minimum Gasteiger partial charge on any atom is -0.504 e. The highest BCUT2D eigenvalue weighted by atomic mass is 16.5. The first-order chi connectivity index (χ1) is 6.61. The van der Waals surface area contributed by atoms with Gasteiger partial charge in [-0.25, -0.2) is 0 Å². The van der Waals surface area contributed by atoms with Gasteiger partial charge in [0.1, 0.15) is 0 Å². The highest BCUT2D eigenvalue weighted by Gasteiger charge is 2.15. The quantitative estimate of drug-likeness (QED) is 0.701. The molecule has 76 valence electrons. The Balaban J connectivity index is 3.28. The minimum atomic E-state index is -0.305. The van der Waals surface area contributed by atoms with Crippen LogP contribution >= 0.6 is 0 Å². The lowest BCUT2D eigenvalue weighted by molar-refractivity contribution is 0.0998. The second kappa shape index (κ2) is 4.11. The minimum absolute atomic E-state index is 0.125. The van der Waals surface area contributed by atoms with Crippen LogP contribution in [0.5, 0.6) is 11.5 Å². The molecule has 0 spiro atoms. The Bertz CT molecular complexity index is 361. The summed E-state index contributed by atoms with van der Waals surface area (Å²) >= 11 is 0. The Labute approximate surface area is 82.3 Å². The first-order valence-electron chi connectivity index (χ1n) is 4.21. The molecule has 0 fully saturated rings. The fourth-order valence-electron chi connectivity index (χ4n) is 1.26. The van der Waals surface area contributed by atoms with E-state index in [1.165, 1.54) is 7.11 Å². The number of carbonyl (C=O) groups is 1. The summed E-state index contributed by atoms with van der Waals surface area (Å²) in [5.74, 6) is -0.118. The molecular weight excluding hydrogens is 182 g/mol. The third-order valence-electron chi connectivity index (χ3n) is 2.02. The number of rotatable bonds is 3. The number of hydrogen-bond acceptors (Lipinski definition) is 4. The predicted octanol–water partition coefficient (Wildman–Crippen LogP) is 0.851. The zero-order chi connectivity index (χ0) is 10.7. The molecule has 0 saturated carbocycles. The number of carbonyl (C=O) groups excluding carboxylic acids is 1. The number of ether oxygens (including phenoxy) is 1. The number of aryl methyl sites for hydroxylation is 1. The van der Waals surface area contributed by atoms with E-state index >= 15 is 0 Å². The van der Waals surface area contributed by atoms with E-state index in [1.54, 1.807) is 19.1 Å². The Morgan fingerprint density at radius 3 is 2.71 bits per heavy atom. The van der Waals surface area contributed by atoms with Crippen LogP contribution in [0.4, 0.5) is 0 Å². The number of phenolic OH excluding ortho intramolecular Hbond substituents is 1. The molecule has 3 N–H and O–H groups in total. The van der Waals surface area contributed by atoms with Crippen molar-refractivity contribution in [1.29, 1.82) is 0 Å². The second-order valence-corrected chi connectivity index (χ2v) is 2.94. The lowest BCUT2D eigenvalue weighted by atomic mass is 10.1. The van der Waals surface area contributed by atoms with Crippen molar-refractivity contribution in [2.45, 2.75) is 6.92 Å². The average Bonchev–Trinajstić information content (AvgIpc) is 2.18. The Hall–Kier alpha value is -1.55. The van der Waals surface area contributed by atoms with E-state index in [-0.39, 0.29) is 23.6 Å². The summed E-state index contributed by atoms with van der Waals surface area (Å²) in [4.78, 5) is 11.3. The van der Waals surface area contributed by atoms with Crippen LogP contribution in [-0.2, 0) is 0 Å². The molecule has 0 radical (unpaired) electrons. The summed E-state index contributed by atoms with van der Waals surface area (Å²) in [5, 5.41) is 9.67. The summed E-state index contributed by atoms with van der Waals surface area (Å²) in [6.45, 7) is 1.66. The maximum atomic E-state index is 11.3. The van der Waals surface area contributed by atoms with Crippen molar-refractivity contribution in [3.05, 3.63) is 23.3 Å². The summed E-state index contributed by atoms with van der Waals surface area (Å²) in [7, 11) is 1.44. The van der Waals surface area contributed by atoms with E-state index in [9.17, 15) is 9.90 Å². The van der Waals surface area contributed by atoms with Crippen molar-refractivity contribution in [2.24, 2.45) is 5.73 Å². The van der Waals surface area contributed by atoms with Gasteiger partial charge in [0, 0.05) is 0 Å². The van der Waals surface area contributed by atoms with Gasteiger partial charge in [0.25, 0.3) is 0 Å². The highest BCUT2D eigenvalue weighted by molar-refractivity contribution is 6.00. The average molecular weight is 195 g/mol. The molecule has 0 unspecified atom stereocenters. The Morgan fingerprint density at radius 2 is 2.21 bits per heavy atom. The molecule has 0 atom stereocenters. The van der Waals surface area contributed by atoms with Crippen molar-refractivity contribution in [3.8, 4) is 11.5 Å². The van der Waals surface area contributed by atoms with Crippen LogP contribution in [0, 0.1) is 6.92 Å². The van der Waals surface area contributed by atoms with Gasteiger partial charge in [0.2, 0.25) is 0 Å². The van der Waals surface area contributed by atoms with Crippen LogP contribution in [-0.4, -0.2) is 24.5 Å². The van der Waals surface area contributed by atoms with E-state index in [1.807, 2.05) is 0 Å². The normalized spacial score (nSPS) is 9.93. The third kappa shape index (κ3) is 1.70. The molecule has 4 nitrogen and oxygen atoms in total. The molecule has 0 aliphatic heterocycles. The van der Waals surface area contributed by atoms with Crippen LogP contribution in [0.1, 0.15) is 15.9 Å². The van der Waals surface area contributed by atoms with Crippen molar-refractivity contribution < 1.29 is 14.6 Å². The molecule has 4 heteroatoms. The van der Waals surface area contributed by atoms with Gasteiger partial charge < -0.3 is 15.6 Å². The van der Waals surface area contributed by atoms with Gasteiger partial charge in [-0.05, 0) is 18.6 Å². The van der Waals surface area contributed by atoms with Crippen LogP contribution in [0.3, 0.4) is 0 Å². The highest BCUT2D eigenvalue weighted by Crippen LogP contribution is 2.33. The van der Waals surface area contributed by atoms with Crippen LogP contribution in [0.2, 0.25) is 0 Å². The fourth-order valence-corrected chi connectivity index (χ4v) is 1.26. The number of aromatic hydroxyl groups is 1. The maximum Gasteiger partial charge on any atom is 0.180 e. The zero-order valence-electron chi connectivity index (χ0n) is 8.20. The molecule has 0 amide bonds. The van der Waals surface area contributed by atoms with E-state index in [4.69, 9.17) is 10.5 Å². The number of phenols is 1. The molecule has 0 aliphatic carbocycles. The largest absolute Gasteiger partial charge is 0.504 e. The molecule has 0 heterocycles. The molecule has 1 aromatic carbocycles. The number of Topliss-reactive ketones (excluding diaryl/α,β-unsaturated/α-hetero) is 1. The first-order valence-corrected chi connectivity index (χ1v) is 4.21. The van der Waals surface area contributed by atoms with Gasteiger partial charge in [-0.1, -0.05) is 6.07 Å². The molecule has 0 aliphatic rings. The summed E-state index contributed by atoms with van der Waals surface area (Å²) < 4.78 is 4.97. The van der Waals surface area contributed by atoms with E-state index < -0.39 is 0 Å². The fraction of sp³-hybridized carbons (Fsp3) is 0.300.